The number of hydrogen-bond acceptors (Lipinski definition) is 1. The lowest BCUT2D eigenvalue weighted by atomic mass is 9.52. The first-order chi connectivity index (χ1) is 7.42. The van der Waals surface area contributed by atoms with Crippen LogP contribution in [0.2, 0.25) is 0 Å². The molecule has 1 fully saturated rings. The number of aliphatic hydroxyl groups is 1. The van der Waals surface area contributed by atoms with Crippen molar-refractivity contribution >= 4 is 0 Å². The number of hydrogen-bond donors (Lipinski definition) is 1. The fraction of sp³-hybridized carbons (Fsp3) is 0.733. The van der Waals surface area contributed by atoms with Crippen molar-refractivity contribution in [2.45, 2.75) is 52.6 Å². The third-order valence-electron chi connectivity index (χ3n) is 4.68. The van der Waals surface area contributed by atoms with Gasteiger partial charge in [0, 0.05) is 0 Å². The van der Waals surface area contributed by atoms with Gasteiger partial charge in [-0.05, 0) is 55.4 Å². The van der Waals surface area contributed by atoms with Crippen molar-refractivity contribution in [1.82, 2.24) is 0 Å². The second-order valence-electron chi connectivity index (χ2n) is 6.32. The zero-order chi connectivity index (χ0) is 11.9. The highest BCUT2D eigenvalue weighted by atomic mass is 16.3. The van der Waals surface area contributed by atoms with Gasteiger partial charge in [-0.15, -0.1) is 0 Å². The Morgan fingerprint density at radius 1 is 1.44 bits per heavy atom. The third kappa shape index (κ3) is 1.98. The Kier molecular flexibility index (Phi) is 3.00. The van der Waals surface area contributed by atoms with Gasteiger partial charge in [-0.1, -0.05) is 32.1 Å². The zero-order valence-corrected chi connectivity index (χ0v) is 10.8. The van der Waals surface area contributed by atoms with Gasteiger partial charge in [0.15, 0.2) is 0 Å². The Labute approximate surface area is 99.3 Å². The fourth-order valence-electron chi connectivity index (χ4n) is 3.42. The molecule has 0 aromatic carbocycles. The second kappa shape index (κ2) is 4.03. The van der Waals surface area contributed by atoms with Crippen LogP contribution in [0.25, 0.3) is 0 Å². The van der Waals surface area contributed by atoms with Crippen LogP contribution in [0.5, 0.6) is 0 Å². The van der Waals surface area contributed by atoms with Crippen LogP contribution in [0.1, 0.15) is 46.5 Å². The molecule has 2 rings (SSSR count). The Bertz CT molecular complexity index is 324. The summed E-state index contributed by atoms with van der Waals surface area (Å²) in [5.74, 6) is 1.28. The number of aliphatic hydroxyl groups excluding tert-OH is 1. The first-order valence-corrected chi connectivity index (χ1v) is 6.44. The molecule has 0 amide bonds. The highest BCUT2D eigenvalue weighted by Gasteiger charge is 2.48. The predicted octanol–water partition coefficient (Wildman–Crippen LogP) is 3.70. The van der Waals surface area contributed by atoms with Crippen molar-refractivity contribution in [3.8, 4) is 0 Å². The van der Waals surface area contributed by atoms with Crippen LogP contribution in [0.3, 0.4) is 0 Å². The first kappa shape index (κ1) is 11.9. The van der Waals surface area contributed by atoms with Crippen LogP contribution in [0, 0.1) is 17.3 Å². The molecular weight excluding hydrogens is 196 g/mol. The van der Waals surface area contributed by atoms with Gasteiger partial charge in [0.1, 0.15) is 0 Å². The van der Waals surface area contributed by atoms with Crippen molar-refractivity contribution in [1.29, 1.82) is 0 Å². The van der Waals surface area contributed by atoms with Gasteiger partial charge in [0.25, 0.3) is 0 Å². The van der Waals surface area contributed by atoms with Crippen LogP contribution in [0.15, 0.2) is 23.8 Å². The van der Waals surface area contributed by atoms with Crippen LogP contribution in [0.4, 0.5) is 0 Å². The Morgan fingerprint density at radius 3 is 2.75 bits per heavy atom. The van der Waals surface area contributed by atoms with Crippen LogP contribution in [-0.4, -0.2) is 11.2 Å². The molecule has 0 aromatic rings. The molecule has 2 aliphatic carbocycles. The molecule has 0 radical (unpaired) electrons. The van der Waals surface area contributed by atoms with Crippen molar-refractivity contribution < 1.29 is 5.11 Å². The molecule has 0 spiro atoms. The SMILES string of the molecule is C=C1C(O)CC=C(C)CCC2C1CC2(C)C. The van der Waals surface area contributed by atoms with Gasteiger partial charge in [-0.25, -0.2) is 0 Å². The summed E-state index contributed by atoms with van der Waals surface area (Å²) < 4.78 is 0. The molecule has 0 aromatic heterocycles. The molecule has 90 valence electrons. The van der Waals surface area contributed by atoms with Crippen LogP contribution < -0.4 is 0 Å². The lowest BCUT2D eigenvalue weighted by Crippen LogP contribution is -2.46. The summed E-state index contributed by atoms with van der Waals surface area (Å²) in [7, 11) is 0. The third-order valence-corrected chi connectivity index (χ3v) is 4.68. The average molecular weight is 220 g/mol. The van der Waals surface area contributed by atoms with Crippen molar-refractivity contribution in [2.75, 3.05) is 0 Å². The summed E-state index contributed by atoms with van der Waals surface area (Å²) in [4.78, 5) is 0. The minimum Gasteiger partial charge on any atom is -0.388 e. The maximum atomic E-state index is 10.1. The molecule has 3 atom stereocenters. The summed E-state index contributed by atoms with van der Waals surface area (Å²) >= 11 is 0. The van der Waals surface area contributed by atoms with E-state index in [-0.39, 0.29) is 6.10 Å². The Morgan fingerprint density at radius 2 is 2.12 bits per heavy atom. The molecule has 2 aliphatic rings. The van der Waals surface area contributed by atoms with Crippen LogP contribution >= 0.6 is 0 Å². The number of rotatable bonds is 0. The Hall–Kier alpha value is -0.560. The topological polar surface area (TPSA) is 20.2 Å². The van der Waals surface area contributed by atoms with Crippen molar-refractivity contribution in [3.63, 3.8) is 0 Å². The smallest absolute Gasteiger partial charge is 0.0784 e. The van der Waals surface area contributed by atoms with Crippen molar-refractivity contribution in [2.24, 2.45) is 17.3 Å². The molecule has 3 unspecified atom stereocenters. The van der Waals surface area contributed by atoms with Gasteiger partial charge in [-0.2, -0.15) is 0 Å². The molecule has 1 heteroatoms. The van der Waals surface area contributed by atoms with Crippen LogP contribution in [-0.2, 0) is 0 Å². The first-order valence-electron chi connectivity index (χ1n) is 6.44. The monoisotopic (exact) mass is 220 g/mol. The molecule has 1 N–H and O–H groups in total. The quantitative estimate of drug-likeness (QED) is 0.617. The van der Waals surface area contributed by atoms with Gasteiger partial charge in [0.05, 0.1) is 6.10 Å². The van der Waals surface area contributed by atoms with E-state index in [0.717, 1.165) is 17.9 Å². The molecule has 0 heterocycles. The van der Waals surface area contributed by atoms with E-state index in [0.29, 0.717) is 11.3 Å². The number of allylic oxidation sites excluding steroid dienone is 1. The van der Waals surface area contributed by atoms with Gasteiger partial charge < -0.3 is 5.11 Å². The largest absolute Gasteiger partial charge is 0.388 e. The Balaban J connectivity index is 2.18. The summed E-state index contributed by atoms with van der Waals surface area (Å²) in [5.41, 5.74) is 2.95. The minimum atomic E-state index is -0.323. The normalized spacial score (nSPS) is 38.6. The van der Waals surface area contributed by atoms with E-state index in [9.17, 15) is 5.11 Å². The van der Waals surface area contributed by atoms with E-state index in [1.54, 1.807) is 0 Å². The summed E-state index contributed by atoms with van der Waals surface area (Å²) in [6.07, 6.45) is 6.27. The average Bonchev–Trinajstić information content (AvgIpc) is 2.24. The highest BCUT2D eigenvalue weighted by molar-refractivity contribution is 5.19. The van der Waals surface area contributed by atoms with Crippen molar-refractivity contribution in [3.05, 3.63) is 23.8 Å². The second-order valence-corrected chi connectivity index (χ2v) is 6.32. The standard InChI is InChI=1S/C15H24O/c1-10-5-7-13-12(9-15(13,3)4)11(2)14(16)8-6-10/h6,12-14,16H,2,5,7-9H2,1,3-4H3. The fourth-order valence-corrected chi connectivity index (χ4v) is 3.42. The summed E-state index contributed by atoms with van der Waals surface area (Å²) in [6, 6.07) is 0. The van der Waals surface area contributed by atoms with Gasteiger partial charge in [0.2, 0.25) is 0 Å². The zero-order valence-electron chi connectivity index (χ0n) is 10.8. The lowest BCUT2D eigenvalue weighted by molar-refractivity contribution is -0.00615. The van der Waals surface area contributed by atoms with Gasteiger partial charge >= 0.3 is 0 Å². The van der Waals surface area contributed by atoms with E-state index >= 15 is 0 Å². The van der Waals surface area contributed by atoms with E-state index in [1.807, 2.05) is 0 Å². The lowest BCUT2D eigenvalue weighted by Gasteiger charge is -2.53. The molecular formula is C15H24O. The van der Waals surface area contributed by atoms with E-state index in [4.69, 9.17) is 0 Å². The highest BCUT2D eigenvalue weighted by Crippen LogP contribution is 2.56. The number of fused-ring (bicyclic) bond motifs is 1. The molecule has 1 saturated carbocycles. The maximum absolute atomic E-state index is 10.1. The minimum absolute atomic E-state index is 0.323. The van der Waals surface area contributed by atoms with E-state index in [1.165, 1.54) is 24.8 Å². The molecule has 0 aliphatic heterocycles. The maximum Gasteiger partial charge on any atom is 0.0784 e. The molecule has 0 bridgehead atoms. The molecule has 0 saturated heterocycles. The predicted molar refractivity (Wildman–Crippen MR) is 68.1 cm³/mol. The summed E-state index contributed by atoms with van der Waals surface area (Å²) in [6.45, 7) is 11.0. The molecule has 16 heavy (non-hydrogen) atoms. The van der Waals surface area contributed by atoms with Gasteiger partial charge in [-0.3, -0.25) is 0 Å². The summed E-state index contributed by atoms with van der Waals surface area (Å²) in [5, 5.41) is 10.1. The van der Waals surface area contributed by atoms with E-state index in [2.05, 4.69) is 33.4 Å². The van der Waals surface area contributed by atoms with E-state index < -0.39 is 0 Å². The molecule has 1 nitrogen and oxygen atoms in total.